The minimum atomic E-state index is -0.630. The van der Waals surface area contributed by atoms with Crippen molar-refractivity contribution in [3.8, 4) is 0 Å². The van der Waals surface area contributed by atoms with E-state index in [-0.39, 0.29) is 5.91 Å². The highest BCUT2D eigenvalue weighted by atomic mass is 16.5. The zero-order valence-corrected chi connectivity index (χ0v) is 13.7. The number of primary amides is 1. The first kappa shape index (κ1) is 16.8. The van der Waals surface area contributed by atoms with Crippen LogP contribution in [0.4, 0.5) is 0 Å². The number of nitrogens with one attached hydrogen (secondary N) is 1. The number of carbonyl (C=O) groups excluding carboxylic acids is 1. The summed E-state index contributed by atoms with van der Waals surface area (Å²) in [6.07, 6.45) is 9.57. The molecule has 21 heavy (non-hydrogen) atoms. The second-order valence-corrected chi connectivity index (χ2v) is 6.91. The Labute approximate surface area is 129 Å². The molecule has 0 bridgehead atoms. The van der Waals surface area contributed by atoms with Crippen LogP contribution in [0.2, 0.25) is 0 Å². The van der Waals surface area contributed by atoms with Gasteiger partial charge < -0.3 is 15.8 Å². The van der Waals surface area contributed by atoms with E-state index >= 15 is 0 Å². The van der Waals surface area contributed by atoms with E-state index in [1.165, 1.54) is 19.3 Å². The number of hydrogen-bond acceptors (Lipinski definition) is 3. The lowest BCUT2D eigenvalue weighted by molar-refractivity contribution is -0.130. The average Bonchev–Trinajstić information content (AvgIpc) is 3.32. The Hall–Kier alpha value is -0.610. The maximum absolute atomic E-state index is 12.1. The van der Waals surface area contributed by atoms with Crippen molar-refractivity contribution in [2.75, 3.05) is 13.2 Å². The van der Waals surface area contributed by atoms with Gasteiger partial charge in [0.1, 0.15) is 5.54 Å². The molecule has 4 heteroatoms. The van der Waals surface area contributed by atoms with Gasteiger partial charge in [0.15, 0.2) is 0 Å². The van der Waals surface area contributed by atoms with Gasteiger partial charge in [-0.2, -0.15) is 0 Å². The molecular formula is C17H32N2O2. The van der Waals surface area contributed by atoms with Crippen molar-refractivity contribution in [1.82, 2.24) is 5.32 Å². The van der Waals surface area contributed by atoms with Crippen molar-refractivity contribution < 1.29 is 9.53 Å². The number of carbonyl (C=O) groups is 1. The third-order valence-corrected chi connectivity index (χ3v) is 5.26. The molecular weight excluding hydrogens is 264 g/mol. The Kier molecular flexibility index (Phi) is 6.06. The van der Waals surface area contributed by atoms with E-state index in [4.69, 9.17) is 10.5 Å². The SMILES string of the molecule is CCCNC(COC1CCCC(CC)C1)(C(N)=O)C1CC1. The van der Waals surface area contributed by atoms with Gasteiger partial charge in [-0.15, -0.1) is 0 Å². The third kappa shape index (κ3) is 4.19. The van der Waals surface area contributed by atoms with Gasteiger partial charge in [-0.1, -0.05) is 33.1 Å². The predicted molar refractivity (Wildman–Crippen MR) is 84.9 cm³/mol. The molecule has 3 unspecified atom stereocenters. The molecule has 0 heterocycles. The van der Waals surface area contributed by atoms with E-state index in [9.17, 15) is 4.79 Å². The molecule has 0 spiro atoms. The summed E-state index contributed by atoms with van der Waals surface area (Å²) in [5.41, 5.74) is 5.11. The number of ether oxygens (including phenoxy) is 1. The van der Waals surface area contributed by atoms with E-state index < -0.39 is 5.54 Å². The number of hydrogen-bond donors (Lipinski definition) is 2. The van der Waals surface area contributed by atoms with Crippen molar-refractivity contribution in [1.29, 1.82) is 0 Å². The Balaban J connectivity index is 1.93. The van der Waals surface area contributed by atoms with Crippen LogP contribution in [-0.4, -0.2) is 30.7 Å². The summed E-state index contributed by atoms with van der Waals surface area (Å²) in [5.74, 6) is 0.921. The molecule has 0 aromatic carbocycles. The molecule has 0 radical (unpaired) electrons. The quantitative estimate of drug-likeness (QED) is 0.687. The summed E-state index contributed by atoms with van der Waals surface area (Å²) in [5, 5.41) is 3.41. The molecule has 4 nitrogen and oxygen atoms in total. The fourth-order valence-corrected chi connectivity index (χ4v) is 3.61. The Morgan fingerprint density at radius 2 is 2.05 bits per heavy atom. The first-order chi connectivity index (χ1) is 10.1. The lowest BCUT2D eigenvalue weighted by Gasteiger charge is -2.35. The van der Waals surface area contributed by atoms with E-state index in [1.54, 1.807) is 0 Å². The second-order valence-electron chi connectivity index (χ2n) is 6.91. The monoisotopic (exact) mass is 296 g/mol. The molecule has 2 aliphatic rings. The van der Waals surface area contributed by atoms with Crippen LogP contribution in [-0.2, 0) is 9.53 Å². The van der Waals surface area contributed by atoms with Gasteiger partial charge in [0.25, 0.3) is 0 Å². The van der Waals surface area contributed by atoms with Crippen LogP contribution in [0.25, 0.3) is 0 Å². The first-order valence-electron chi connectivity index (χ1n) is 8.78. The molecule has 2 saturated carbocycles. The molecule has 0 saturated heterocycles. The van der Waals surface area contributed by atoms with Crippen molar-refractivity contribution in [2.24, 2.45) is 17.6 Å². The Morgan fingerprint density at radius 1 is 1.29 bits per heavy atom. The zero-order valence-electron chi connectivity index (χ0n) is 13.7. The largest absolute Gasteiger partial charge is 0.376 e. The minimum Gasteiger partial charge on any atom is -0.376 e. The van der Waals surface area contributed by atoms with Gasteiger partial charge in [-0.25, -0.2) is 0 Å². The molecule has 2 fully saturated rings. The van der Waals surface area contributed by atoms with Crippen molar-refractivity contribution >= 4 is 5.91 Å². The first-order valence-corrected chi connectivity index (χ1v) is 8.78. The topological polar surface area (TPSA) is 64.3 Å². The molecule has 3 N–H and O–H groups in total. The highest BCUT2D eigenvalue weighted by molar-refractivity contribution is 5.85. The van der Waals surface area contributed by atoms with E-state index in [1.807, 2.05) is 0 Å². The van der Waals surface area contributed by atoms with E-state index in [2.05, 4.69) is 19.2 Å². The van der Waals surface area contributed by atoms with E-state index in [0.717, 1.165) is 44.6 Å². The lowest BCUT2D eigenvalue weighted by atomic mass is 9.85. The smallest absolute Gasteiger partial charge is 0.240 e. The molecule has 0 aromatic heterocycles. The zero-order chi connectivity index (χ0) is 15.3. The normalized spacial score (nSPS) is 29.0. The molecule has 0 aromatic rings. The molecule has 3 atom stereocenters. The number of rotatable bonds is 9. The van der Waals surface area contributed by atoms with Crippen LogP contribution in [0.5, 0.6) is 0 Å². The third-order valence-electron chi connectivity index (χ3n) is 5.26. The summed E-state index contributed by atoms with van der Waals surface area (Å²) >= 11 is 0. The van der Waals surface area contributed by atoms with Crippen molar-refractivity contribution in [3.63, 3.8) is 0 Å². The summed E-state index contributed by atoms with van der Waals surface area (Å²) in [6.45, 7) is 5.65. The standard InChI is InChI=1S/C17H32N2O2/c1-3-10-19-17(16(18)20,14-8-9-14)12-21-15-7-5-6-13(4-2)11-15/h13-15,19H,3-12H2,1-2H3,(H2,18,20). The Morgan fingerprint density at radius 3 is 2.62 bits per heavy atom. The van der Waals surface area contributed by atoms with Crippen LogP contribution in [0.15, 0.2) is 0 Å². The lowest BCUT2D eigenvalue weighted by Crippen LogP contribution is -2.61. The molecule has 2 rings (SSSR count). The number of nitrogens with two attached hydrogens (primary N) is 1. The van der Waals surface area contributed by atoms with Gasteiger partial charge >= 0.3 is 0 Å². The van der Waals surface area contributed by atoms with Crippen molar-refractivity contribution in [2.45, 2.75) is 76.9 Å². The van der Waals surface area contributed by atoms with Gasteiger partial charge in [-0.3, -0.25) is 4.79 Å². The molecule has 122 valence electrons. The van der Waals surface area contributed by atoms with Gasteiger partial charge in [0.05, 0.1) is 12.7 Å². The van der Waals surface area contributed by atoms with Gasteiger partial charge in [-0.05, 0) is 50.5 Å². The van der Waals surface area contributed by atoms with Crippen LogP contribution in [0, 0.1) is 11.8 Å². The van der Waals surface area contributed by atoms with Gasteiger partial charge in [0.2, 0.25) is 5.91 Å². The molecule has 2 aliphatic carbocycles. The highest BCUT2D eigenvalue weighted by Gasteiger charge is 2.50. The van der Waals surface area contributed by atoms with Crippen LogP contribution < -0.4 is 11.1 Å². The average molecular weight is 296 g/mol. The molecule has 0 aliphatic heterocycles. The van der Waals surface area contributed by atoms with Crippen LogP contribution in [0.3, 0.4) is 0 Å². The molecule has 1 amide bonds. The second kappa shape index (κ2) is 7.59. The maximum atomic E-state index is 12.1. The maximum Gasteiger partial charge on any atom is 0.240 e. The highest BCUT2D eigenvalue weighted by Crippen LogP contribution is 2.40. The fourth-order valence-electron chi connectivity index (χ4n) is 3.61. The van der Waals surface area contributed by atoms with Crippen molar-refractivity contribution in [3.05, 3.63) is 0 Å². The summed E-state index contributed by atoms with van der Waals surface area (Å²) < 4.78 is 6.18. The summed E-state index contributed by atoms with van der Waals surface area (Å²) in [6, 6.07) is 0. The Bertz CT molecular complexity index is 344. The fraction of sp³-hybridized carbons (Fsp3) is 0.941. The van der Waals surface area contributed by atoms with E-state index in [0.29, 0.717) is 18.6 Å². The van der Waals surface area contributed by atoms with Crippen LogP contribution >= 0.6 is 0 Å². The van der Waals surface area contributed by atoms with Gasteiger partial charge in [0, 0.05) is 0 Å². The predicted octanol–water partition coefficient (Wildman–Crippen LogP) is 2.61. The minimum absolute atomic E-state index is 0.235. The van der Waals surface area contributed by atoms with Crippen LogP contribution in [0.1, 0.15) is 65.2 Å². The summed E-state index contributed by atoms with van der Waals surface area (Å²) in [4.78, 5) is 12.1. The number of amides is 1. The summed E-state index contributed by atoms with van der Waals surface area (Å²) in [7, 11) is 0.